The third kappa shape index (κ3) is 4.07. The Morgan fingerprint density at radius 2 is 1.82 bits per heavy atom. The Balaban J connectivity index is 1.54. The van der Waals surface area contributed by atoms with E-state index in [4.69, 9.17) is 0 Å². The maximum atomic E-state index is 14.2. The Bertz CT molecular complexity index is 1340. The van der Waals surface area contributed by atoms with E-state index in [2.05, 4.69) is 48.1 Å². The number of rotatable bonds is 3. The van der Waals surface area contributed by atoms with E-state index in [1.165, 1.54) is 22.9 Å². The fourth-order valence-electron chi connectivity index (χ4n) is 4.74. The van der Waals surface area contributed by atoms with Gasteiger partial charge in [-0.3, -0.25) is 0 Å². The smallest absolute Gasteiger partial charge is 0.322 e. The van der Waals surface area contributed by atoms with Crippen LogP contribution in [0.4, 0.5) is 14.9 Å². The SMILES string of the molecule is C[Si](C)(C)c1cccc(NC(=O)N2CCc3c([nH]c4ccccc34)C2c2cccc(F)c2)c1. The molecule has 1 aromatic heterocycles. The molecule has 2 N–H and O–H groups in total. The van der Waals surface area contributed by atoms with Crippen molar-refractivity contribution in [3.05, 3.63) is 95.4 Å². The van der Waals surface area contributed by atoms with E-state index in [-0.39, 0.29) is 11.8 Å². The Morgan fingerprint density at radius 3 is 2.61 bits per heavy atom. The molecule has 0 bridgehead atoms. The van der Waals surface area contributed by atoms with Crippen LogP contribution in [-0.2, 0) is 6.42 Å². The third-order valence-corrected chi connectivity index (χ3v) is 8.48. The molecule has 0 spiro atoms. The molecular formula is C27H28FN3OSi. The van der Waals surface area contributed by atoms with Crippen LogP contribution in [-0.4, -0.2) is 30.5 Å². The average molecular weight is 458 g/mol. The van der Waals surface area contributed by atoms with Crippen molar-refractivity contribution >= 4 is 35.9 Å². The number of halogens is 1. The van der Waals surface area contributed by atoms with Gasteiger partial charge in [0.2, 0.25) is 0 Å². The molecule has 168 valence electrons. The summed E-state index contributed by atoms with van der Waals surface area (Å²) in [5.74, 6) is -0.307. The van der Waals surface area contributed by atoms with Crippen molar-refractivity contribution in [2.45, 2.75) is 32.1 Å². The summed E-state index contributed by atoms with van der Waals surface area (Å²) < 4.78 is 14.2. The second-order valence-corrected chi connectivity index (χ2v) is 14.8. The lowest BCUT2D eigenvalue weighted by molar-refractivity contribution is 0.193. The number of amides is 2. The normalized spacial score (nSPS) is 16.0. The van der Waals surface area contributed by atoms with Gasteiger partial charge in [-0.15, -0.1) is 0 Å². The van der Waals surface area contributed by atoms with Crippen molar-refractivity contribution in [2.24, 2.45) is 0 Å². The number of aromatic nitrogens is 1. The molecule has 6 heteroatoms. The molecule has 1 aliphatic rings. The summed E-state index contributed by atoms with van der Waals surface area (Å²) in [5.41, 5.74) is 4.74. The van der Waals surface area contributed by atoms with E-state index in [0.717, 1.165) is 34.3 Å². The number of aromatic amines is 1. The van der Waals surface area contributed by atoms with Gasteiger partial charge in [-0.25, -0.2) is 9.18 Å². The van der Waals surface area contributed by atoms with Gasteiger partial charge in [0.25, 0.3) is 0 Å². The second kappa shape index (κ2) is 8.19. The van der Waals surface area contributed by atoms with Crippen LogP contribution in [0.1, 0.15) is 22.9 Å². The van der Waals surface area contributed by atoms with Crippen molar-refractivity contribution in [3.8, 4) is 0 Å². The van der Waals surface area contributed by atoms with Crippen LogP contribution >= 0.6 is 0 Å². The Kier molecular flexibility index (Phi) is 5.33. The van der Waals surface area contributed by atoms with Gasteiger partial charge in [-0.1, -0.05) is 67.3 Å². The van der Waals surface area contributed by atoms with Crippen LogP contribution < -0.4 is 10.5 Å². The summed E-state index contributed by atoms with van der Waals surface area (Å²) >= 11 is 0. The highest BCUT2D eigenvalue weighted by Crippen LogP contribution is 2.38. The van der Waals surface area contributed by atoms with Gasteiger partial charge in [0.1, 0.15) is 5.82 Å². The van der Waals surface area contributed by atoms with E-state index in [1.54, 1.807) is 6.07 Å². The molecule has 2 amide bonds. The molecule has 3 aromatic carbocycles. The monoisotopic (exact) mass is 457 g/mol. The van der Waals surface area contributed by atoms with Gasteiger partial charge in [-0.05, 0) is 47.9 Å². The minimum absolute atomic E-state index is 0.179. The fourth-order valence-corrected chi connectivity index (χ4v) is 5.93. The number of fused-ring (bicyclic) bond motifs is 3. The first-order valence-electron chi connectivity index (χ1n) is 11.3. The molecule has 4 nitrogen and oxygen atoms in total. The van der Waals surface area contributed by atoms with E-state index in [1.807, 2.05) is 41.3 Å². The number of nitrogens with zero attached hydrogens (tertiary/aromatic N) is 1. The average Bonchev–Trinajstić information content (AvgIpc) is 3.16. The number of para-hydroxylation sites is 1. The van der Waals surface area contributed by atoms with Crippen LogP contribution in [0, 0.1) is 5.82 Å². The Hall–Kier alpha value is -3.38. The molecule has 1 aliphatic heterocycles. The minimum Gasteiger partial charge on any atom is -0.356 e. The fraction of sp³-hybridized carbons (Fsp3) is 0.222. The largest absolute Gasteiger partial charge is 0.356 e. The summed E-state index contributed by atoms with van der Waals surface area (Å²) in [7, 11) is -1.51. The van der Waals surface area contributed by atoms with Crippen molar-refractivity contribution in [1.82, 2.24) is 9.88 Å². The van der Waals surface area contributed by atoms with Crippen LogP contribution in [0.25, 0.3) is 10.9 Å². The summed E-state index contributed by atoms with van der Waals surface area (Å²) in [5, 5.41) is 5.56. The van der Waals surface area contributed by atoms with Gasteiger partial charge in [-0.2, -0.15) is 0 Å². The van der Waals surface area contributed by atoms with E-state index < -0.39 is 14.1 Å². The number of nitrogens with one attached hydrogen (secondary N) is 2. The topological polar surface area (TPSA) is 48.1 Å². The lowest BCUT2D eigenvalue weighted by Crippen LogP contribution is -2.43. The summed E-state index contributed by atoms with van der Waals surface area (Å²) in [6, 6.07) is 22.3. The zero-order valence-electron chi connectivity index (χ0n) is 19.2. The number of H-pyrrole nitrogens is 1. The van der Waals surface area contributed by atoms with Gasteiger partial charge in [0, 0.05) is 28.8 Å². The maximum absolute atomic E-state index is 14.2. The number of carbonyl (C=O) groups excluding carboxylic acids is 1. The summed E-state index contributed by atoms with van der Waals surface area (Å²) in [4.78, 5) is 18.9. The quantitative estimate of drug-likeness (QED) is 0.363. The number of carbonyl (C=O) groups is 1. The number of urea groups is 1. The predicted molar refractivity (Wildman–Crippen MR) is 135 cm³/mol. The van der Waals surface area contributed by atoms with Gasteiger partial charge in [0.15, 0.2) is 0 Å². The second-order valence-electron chi connectivity index (χ2n) is 9.72. The third-order valence-electron chi connectivity index (χ3n) is 6.44. The molecule has 2 heterocycles. The van der Waals surface area contributed by atoms with Crippen LogP contribution in [0.2, 0.25) is 19.6 Å². The van der Waals surface area contributed by atoms with Crippen molar-refractivity contribution in [3.63, 3.8) is 0 Å². The van der Waals surface area contributed by atoms with Gasteiger partial charge in [0.05, 0.1) is 14.1 Å². The molecule has 1 unspecified atom stereocenters. The molecule has 0 saturated carbocycles. The number of hydrogen-bond donors (Lipinski definition) is 2. The first-order chi connectivity index (χ1) is 15.8. The Morgan fingerprint density at radius 1 is 1.03 bits per heavy atom. The predicted octanol–water partition coefficient (Wildman–Crippen LogP) is 6.03. The molecular weight excluding hydrogens is 429 g/mol. The molecule has 1 atom stereocenters. The zero-order valence-corrected chi connectivity index (χ0v) is 20.2. The number of anilines is 1. The highest BCUT2D eigenvalue weighted by atomic mass is 28.3. The number of benzene rings is 3. The maximum Gasteiger partial charge on any atom is 0.322 e. The molecule has 0 fully saturated rings. The molecule has 0 radical (unpaired) electrons. The lowest BCUT2D eigenvalue weighted by atomic mass is 9.92. The van der Waals surface area contributed by atoms with Crippen molar-refractivity contribution in [1.29, 1.82) is 0 Å². The minimum atomic E-state index is -1.51. The Labute approximate surface area is 194 Å². The van der Waals surface area contributed by atoms with Crippen molar-refractivity contribution < 1.29 is 9.18 Å². The van der Waals surface area contributed by atoms with E-state index >= 15 is 0 Å². The number of hydrogen-bond acceptors (Lipinski definition) is 1. The highest BCUT2D eigenvalue weighted by molar-refractivity contribution is 6.88. The first kappa shape index (κ1) is 21.5. The molecule has 33 heavy (non-hydrogen) atoms. The summed E-state index contributed by atoms with van der Waals surface area (Å²) in [6.07, 6.45) is 0.744. The van der Waals surface area contributed by atoms with E-state index in [0.29, 0.717) is 6.54 Å². The zero-order chi connectivity index (χ0) is 23.2. The highest BCUT2D eigenvalue weighted by Gasteiger charge is 2.35. The van der Waals surface area contributed by atoms with Gasteiger partial charge >= 0.3 is 6.03 Å². The molecule has 4 aromatic rings. The standard InChI is InChI=1S/C27H28FN3OSi/c1-33(2,3)21-11-7-10-20(17-21)29-27(32)31-15-14-23-22-12-4-5-13-24(22)30-25(23)26(31)18-8-6-9-19(28)16-18/h4-13,16-17,26,30H,14-15H2,1-3H3,(H,29,32). The van der Waals surface area contributed by atoms with Crippen LogP contribution in [0.5, 0.6) is 0 Å². The van der Waals surface area contributed by atoms with Gasteiger partial charge < -0.3 is 15.2 Å². The molecule has 5 rings (SSSR count). The lowest BCUT2D eigenvalue weighted by Gasteiger charge is -2.36. The van der Waals surface area contributed by atoms with Crippen molar-refractivity contribution in [2.75, 3.05) is 11.9 Å². The molecule has 0 saturated heterocycles. The summed E-state index contributed by atoms with van der Waals surface area (Å²) in [6.45, 7) is 7.41. The molecule has 0 aliphatic carbocycles. The first-order valence-corrected chi connectivity index (χ1v) is 14.8. The van der Waals surface area contributed by atoms with E-state index in [9.17, 15) is 9.18 Å². The van der Waals surface area contributed by atoms with Crippen LogP contribution in [0.15, 0.2) is 72.8 Å². The van der Waals surface area contributed by atoms with Crippen LogP contribution in [0.3, 0.4) is 0 Å².